The van der Waals surface area contributed by atoms with Crippen LogP contribution in [-0.4, -0.2) is 72.2 Å². The van der Waals surface area contributed by atoms with Crippen LogP contribution in [0.2, 0.25) is 0 Å². The van der Waals surface area contributed by atoms with E-state index in [1.807, 2.05) is 0 Å². The van der Waals surface area contributed by atoms with Crippen LogP contribution in [0, 0.1) is 5.82 Å². The van der Waals surface area contributed by atoms with E-state index in [0.29, 0.717) is 36.2 Å². The summed E-state index contributed by atoms with van der Waals surface area (Å²) in [5.74, 6) is -0.266. The third-order valence-electron chi connectivity index (χ3n) is 6.17. The van der Waals surface area contributed by atoms with E-state index in [2.05, 4.69) is 30.6 Å². The zero-order valence-corrected chi connectivity index (χ0v) is 25.7. The van der Waals surface area contributed by atoms with Gasteiger partial charge in [-0.05, 0) is 39.7 Å². The standard InChI is InChI=1S/C26H36FN6O8P.H3N/c1-5-28-26(34)33-25-31-18-11-17(22(27)21(23(18)32-25)19-7-6-8-38-19)16-12-29-24(30-13-16)20(39-10-9-37-4)14-40-42(35,36)41-15(2)3;/h11-13,15,19-20H,5-10,14H2,1-4H3,(H,35,36)(H3,28,31,32,33,34);1H3/t19?,20-;/m0./s1. The second-order valence-electron chi connectivity index (χ2n) is 9.70. The van der Waals surface area contributed by atoms with E-state index in [4.69, 9.17) is 23.3 Å². The predicted molar refractivity (Wildman–Crippen MR) is 154 cm³/mol. The molecule has 2 amide bonds. The van der Waals surface area contributed by atoms with Gasteiger partial charge in [0.15, 0.2) is 5.82 Å². The molecule has 1 fully saturated rings. The molecular formula is C26H39FN7O8P. The zero-order chi connectivity index (χ0) is 30.3. The lowest BCUT2D eigenvalue weighted by Crippen LogP contribution is -2.28. The molecule has 17 heteroatoms. The van der Waals surface area contributed by atoms with Crippen LogP contribution in [0.25, 0.3) is 22.2 Å². The molecule has 15 nitrogen and oxygen atoms in total. The summed E-state index contributed by atoms with van der Waals surface area (Å²) in [5, 5.41) is 5.23. The maximum absolute atomic E-state index is 16.1. The summed E-state index contributed by atoms with van der Waals surface area (Å²) < 4.78 is 54.6. The summed E-state index contributed by atoms with van der Waals surface area (Å²) in [6.45, 7) is 5.75. The fourth-order valence-electron chi connectivity index (χ4n) is 4.40. The average molecular weight is 628 g/mol. The van der Waals surface area contributed by atoms with Crippen molar-refractivity contribution in [1.82, 2.24) is 31.4 Å². The highest BCUT2D eigenvalue weighted by molar-refractivity contribution is 7.45. The number of nitrogens with zero attached hydrogens (tertiary/aromatic N) is 3. The number of carbonyl (C=O) groups excluding carboxylic acids is 1. The molecule has 0 saturated carbocycles. The van der Waals surface area contributed by atoms with Crippen molar-refractivity contribution < 1.29 is 41.9 Å². The Morgan fingerprint density at radius 2 is 2.05 bits per heavy atom. The summed E-state index contributed by atoms with van der Waals surface area (Å²) in [5.41, 5.74) is 1.64. The molecule has 2 unspecified atom stereocenters. The molecule has 1 aromatic carbocycles. The van der Waals surface area contributed by atoms with Gasteiger partial charge in [-0.2, -0.15) is 0 Å². The summed E-state index contributed by atoms with van der Waals surface area (Å²) >= 11 is 0. The van der Waals surface area contributed by atoms with Gasteiger partial charge in [0, 0.05) is 49.3 Å². The molecule has 0 bridgehead atoms. The zero-order valence-electron chi connectivity index (χ0n) is 24.8. The molecule has 1 aliphatic rings. The minimum absolute atomic E-state index is 0. The first kappa shape index (κ1) is 34.4. The van der Waals surface area contributed by atoms with Gasteiger partial charge in [0.2, 0.25) is 5.95 Å². The number of anilines is 1. The number of fused-ring (bicyclic) bond motifs is 1. The maximum atomic E-state index is 16.1. The van der Waals surface area contributed by atoms with E-state index in [1.165, 1.54) is 19.5 Å². The molecule has 1 aliphatic heterocycles. The number of phosphoric acid groups is 1. The largest absolute Gasteiger partial charge is 0.756 e. The smallest absolute Gasteiger partial charge is 0.321 e. The van der Waals surface area contributed by atoms with Crippen LogP contribution in [-0.2, 0) is 27.8 Å². The molecule has 43 heavy (non-hydrogen) atoms. The Morgan fingerprint density at radius 3 is 2.67 bits per heavy atom. The molecule has 4 rings (SSSR count). The number of halogens is 1. The fourth-order valence-corrected chi connectivity index (χ4v) is 5.29. The quantitative estimate of drug-likeness (QED) is 0.147. The first-order valence-electron chi connectivity index (χ1n) is 13.6. The lowest BCUT2D eigenvalue weighted by atomic mass is 9.98. The monoisotopic (exact) mass is 627 g/mol. The van der Waals surface area contributed by atoms with Gasteiger partial charge >= 0.3 is 6.03 Å². The number of aromatic nitrogens is 4. The number of hydrogen-bond acceptors (Lipinski definition) is 11. The molecule has 3 heterocycles. The van der Waals surface area contributed by atoms with Gasteiger partial charge in [-0.15, -0.1) is 0 Å². The number of quaternary nitrogens is 1. The molecule has 238 valence electrons. The number of phosphoric ester groups is 1. The number of imidazole rings is 1. The Balaban J connectivity index is 0.00000506. The van der Waals surface area contributed by atoms with Crippen LogP contribution >= 0.6 is 7.82 Å². The Bertz CT molecular complexity index is 1400. The van der Waals surface area contributed by atoms with Gasteiger partial charge in [0.1, 0.15) is 11.9 Å². The molecule has 2 aromatic heterocycles. The van der Waals surface area contributed by atoms with Gasteiger partial charge in [0.05, 0.1) is 43.1 Å². The van der Waals surface area contributed by atoms with Crippen LogP contribution in [0.1, 0.15) is 57.2 Å². The minimum Gasteiger partial charge on any atom is -0.756 e. The van der Waals surface area contributed by atoms with Gasteiger partial charge in [0.25, 0.3) is 7.82 Å². The van der Waals surface area contributed by atoms with Crippen molar-refractivity contribution in [3.63, 3.8) is 0 Å². The lowest BCUT2D eigenvalue weighted by Gasteiger charge is -2.26. The highest BCUT2D eigenvalue weighted by Gasteiger charge is 2.29. The Labute approximate surface area is 248 Å². The van der Waals surface area contributed by atoms with Gasteiger partial charge in [-0.1, -0.05) is 0 Å². The fraction of sp³-hybridized carbons (Fsp3) is 0.538. The number of benzene rings is 1. The summed E-state index contributed by atoms with van der Waals surface area (Å²) in [6.07, 6.45) is 2.11. The summed E-state index contributed by atoms with van der Waals surface area (Å²) in [6, 6.07) is 1.11. The molecular weight excluding hydrogens is 588 g/mol. The van der Waals surface area contributed by atoms with Crippen molar-refractivity contribution in [3.05, 3.63) is 35.7 Å². The number of carbonyl (C=O) groups is 1. The van der Waals surface area contributed by atoms with E-state index >= 15 is 4.39 Å². The van der Waals surface area contributed by atoms with E-state index in [1.54, 1.807) is 26.8 Å². The second kappa shape index (κ2) is 15.6. The van der Waals surface area contributed by atoms with Crippen molar-refractivity contribution in [1.29, 1.82) is 0 Å². The number of urea groups is 1. The van der Waals surface area contributed by atoms with Crippen LogP contribution in [0.5, 0.6) is 0 Å². The third kappa shape index (κ3) is 8.97. The van der Waals surface area contributed by atoms with E-state index in [-0.39, 0.29) is 42.3 Å². The van der Waals surface area contributed by atoms with Crippen molar-refractivity contribution in [2.45, 2.75) is 51.9 Å². The number of ether oxygens (including phenoxy) is 3. The molecule has 1 saturated heterocycles. The Morgan fingerprint density at radius 1 is 1.30 bits per heavy atom. The van der Waals surface area contributed by atoms with E-state index < -0.39 is 44.6 Å². The number of hydrogen-bond donors (Lipinski definition) is 4. The number of H-pyrrole nitrogens is 1. The molecule has 0 radical (unpaired) electrons. The predicted octanol–water partition coefficient (Wildman–Crippen LogP) is 4.14. The molecule has 3 atom stereocenters. The van der Waals surface area contributed by atoms with Crippen molar-refractivity contribution in [3.8, 4) is 11.1 Å². The van der Waals surface area contributed by atoms with Gasteiger partial charge < -0.3 is 44.6 Å². The van der Waals surface area contributed by atoms with Gasteiger partial charge in [-0.25, -0.2) is 24.1 Å². The van der Waals surface area contributed by atoms with Crippen molar-refractivity contribution in [2.75, 3.05) is 45.4 Å². The van der Waals surface area contributed by atoms with Crippen molar-refractivity contribution >= 4 is 30.8 Å². The Kier molecular flexibility index (Phi) is 12.5. The van der Waals surface area contributed by atoms with Crippen LogP contribution in [0.4, 0.5) is 15.1 Å². The number of amides is 2. The number of nitrogens with one attached hydrogen (secondary N) is 3. The molecule has 0 spiro atoms. The number of aromatic amines is 1. The normalized spacial score (nSPS) is 17.0. The third-order valence-corrected chi connectivity index (χ3v) is 7.32. The molecule has 3 aromatic rings. The second-order valence-corrected chi connectivity index (χ2v) is 11.1. The maximum Gasteiger partial charge on any atom is 0.321 e. The number of methoxy groups -OCH3 is 1. The Hall–Kier alpha value is -3.08. The first-order valence-corrected chi connectivity index (χ1v) is 15.0. The summed E-state index contributed by atoms with van der Waals surface area (Å²) in [7, 11) is -3.10. The highest BCUT2D eigenvalue weighted by Crippen LogP contribution is 2.41. The first-order chi connectivity index (χ1) is 20.1. The van der Waals surface area contributed by atoms with Crippen molar-refractivity contribution in [2.24, 2.45) is 0 Å². The molecule has 0 aliphatic carbocycles. The summed E-state index contributed by atoms with van der Waals surface area (Å²) in [4.78, 5) is 40.3. The SMILES string of the molecule is CCNC(=O)Nc1nc2c(C3CCCO3)c(F)c(-c3cnc([C@H](COP(=O)([O-])OC(C)C)OCCOC)nc3)cc2[nH]1.[NH4+]. The van der Waals surface area contributed by atoms with E-state index in [0.717, 1.165) is 6.42 Å². The van der Waals surface area contributed by atoms with Gasteiger partial charge in [-0.3, -0.25) is 9.88 Å². The minimum atomic E-state index is -4.59. The lowest BCUT2D eigenvalue weighted by molar-refractivity contribution is -0.231. The highest BCUT2D eigenvalue weighted by atomic mass is 31.2. The van der Waals surface area contributed by atoms with Crippen LogP contribution in [0.3, 0.4) is 0 Å². The topological polar surface area (TPSA) is 218 Å². The average Bonchev–Trinajstić information content (AvgIpc) is 3.60. The van der Waals surface area contributed by atoms with E-state index in [9.17, 15) is 14.3 Å². The van der Waals surface area contributed by atoms with Crippen LogP contribution in [0.15, 0.2) is 18.5 Å². The molecule has 7 N–H and O–H groups in total. The number of rotatable bonds is 14. The van der Waals surface area contributed by atoms with Crippen LogP contribution < -0.4 is 21.7 Å².